The zero-order valence-corrected chi connectivity index (χ0v) is 17.7. The van der Waals surface area contributed by atoms with E-state index in [0.29, 0.717) is 21.4 Å². The van der Waals surface area contributed by atoms with E-state index in [-0.39, 0.29) is 27.2 Å². The Labute approximate surface area is 184 Å². The van der Waals surface area contributed by atoms with Crippen LogP contribution in [0.3, 0.4) is 0 Å². The van der Waals surface area contributed by atoms with Crippen molar-refractivity contribution in [2.75, 3.05) is 5.73 Å². The van der Waals surface area contributed by atoms with Gasteiger partial charge in [0.25, 0.3) is 5.91 Å². The van der Waals surface area contributed by atoms with Gasteiger partial charge in [-0.3, -0.25) is 4.79 Å². The van der Waals surface area contributed by atoms with Crippen molar-refractivity contribution in [2.24, 2.45) is 5.73 Å². The van der Waals surface area contributed by atoms with Gasteiger partial charge in [0.15, 0.2) is 11.4 Å². The first kappa shape index (κ1) is 20.5. The van der Waals surface area contributed by atoms with Crippen LogP contribution in [0.4, 0.5) is 10.2 Å². The number of nitrogens with zero attached hydrogens (tertiary/aromatic N) is 1. The molecule has 1 atom stereocenters. The lowest BCUT2D eigenvalue weighted by atomic mass is 10.1. The molecule has 1 aromatic carbocycles. The summed E-state index contributed by atoms with van der Waals surface area (Å²) in [5.41, 5.74) is 12.7. The molecule has 4 aromatic rings. The van der Waals surface area contributed by atoms with Crippen molar-refractivity contribution < 1.29 is 18.3 Å². The number of nitrogens with two attached hydrogens (primary N) is 2. The lowest BCUT2D eigenvalue weighted by molar-refractivity contribution is 0.100. The molecule has 0 saturated carbocycles. The first-order valence-electron chi connectivity index (χ1n) is 8.63. The number of carbonyl (C=O) groups excluding carboxylic acids is 1. The molecule has 0 bridgehead atoms. The molecular formula is C20H14Cl2FN3O3S. The van der Waals surface area contributed by atoms with Gasteiger partial charge in [-0.1, -0.05) is 23.2 Å². The number of benzene rings is 1. The number of anilines is 1. The van der Waals surface area contributed by atoms with Gasteiger partial charge in [-0.05, 0) is 31.2 Å². The van der Waals surface area contributed by atoms with Gasteiger partial charge in [0.05, 0.1) is 15.3 Å². The number of hydrogen-bond acceptors (Lipinski definition) is 6. The van der Waals surface area contributed by atoms with Crippen LogP contribution in [0.1, 0.15) is 28.3 Å². The fraction of sp³-hybridized carbons (Fsp3) is 0.100. The molecular weight excluding hydrogens is 452 g/mol. The molecule has 0 aliphatic rings. The van der Waals surface area contributed by atoms with E-state index in [1.54, 1.807) is 25.3 Å². The molecule has 1 amide bonds. The minimum atomic E-state index is -0.743. The summed E-state index contributed by atoms with van der Waals surface area (Å²) in [5.74, 6) is -0.862. The lowest BCUT2D eigenvalue weighted by Crippen LogP contribution is -2.08. The topological polar surface area (TPSA) is 104 Å². The molecule has 0 spiro atoms. The number of carbonyl (C=O) groups is 1. The Kier molecular flexibility index (Phi) is 5.31. The number of hydrogen-bond donors (Lipinski definition) is 2. The Bertz CT molecular complexity index is 1290. The fourth-order valence-corrected chi connectivity index (χ4v) is 4.61. The molecule has 4 rings (SSSR count). The average Bonchev–Trinajstić information content (AvgIpc) is 3.34. The normalized spacial score (nSPS) is 12.3. The van der Waals surface area contributed by atoms with Gasteiger partial charge in [0.1, 0.15) is 18.2 Å². The number of pyridine rings is 1. The Morgan fingerprint density at radius 2 is 2.07 bits per heavy atom. The molecule has 0 unspecified atom stereocenters. The van der Waals surface area contributed by atoms with Crippen LogP contribution in [-0.2, 0) is 0 Å². The predicted molar refractivity (Wildman–Crippen MR) is 116 cm³/mol. The molecule has 3 heterocycles. The van der Waals surface area contributed by atoms with E-state index in [2.05, 4.69) is 4.98 Å². The van der Waals surface area contributed by atoms with Crippen LogP contribution in [0.25, 0.3) is 21.4 Å². The molecule has 6 nitrogen and oxygen atoms in total. The standard InChI is InChI=1S/C20H14Cl2FN3O3S/c1-8(15-11(21)2-3-12(23)16(15)22)29-18-17-9(6-26-19(18)24)10(7-28-17)13-4-5-14(30-13)20(25)27/h2-8H,1H3,(H2,24,26)(H2,25,27)/t8-/m1/s1. The maximum absolute atomic E-state index is 13.9. The highest BCUT2D eigenvalue weighted by Gasteiger charge is 2.23. The van der Waals surface area contributed by atoms with Crippen molar-refractivity contribution in [2.45, 2.75) is 13.0 Å². The summed E-state index contributed by atoms with van der Waals surface area (Å²) in [5, 5.41) is 0.748. The Morgan fingerprint density at radius 1 is 1.30 bits per heavy atom. The van der Waals surface area contributed by atoms with E-state index in [9.17, 15) is 9.18 Å². The third-order valence-corrected chi connectivity index (χ3v) is 6.34. The number of amides is 1. The summed E-state index contributed by atoms with van der Waals surface area (Å²) >= 11 is 13.5. The zero-order chi connectivity index (χ0) is 21.6. The van der Waals surface area contributed by atoms with Crippen LogP contribution in [0.15, 0.2) is 41.1 Å². The van der Waals surface area contributed by atoms with Crippen LogP contribution in [0.2, 0.25) is 10.0 Å². The molecule has 3 aromatic heterocycles. The van der Waals surface area contributed by atoms with Crippen LogP contribution in [-0.4, -0.2) is 10.9 Å². The van der Waals surface area contributed by atoms with Crippen LogP contribution in [0, 0.1) is 5.82 Å². The summed E-state index contributed by atoms with van der Waals surface area (Å²) < 4.78 is 25.6. The van der Waals surface area contributed by atoms with E-state index < -0.39 is 17.8 Å². The second kappa shape index (κ2) is 7.79. The zero-order valence-electron chi connectivity index (χ0n) is 15.4. The number of primary amides is 1. The summed E-state index contributed by atoms with van der Waals surface area (Å²) in [6.45, 7) is 1.66. The summed E-state index contributed by atoms with van der Waals surface area (Å²) in [6.07, 6.45) is 2.32. The van der Waals surface area contributed by atoms with Gasteiger partial charge in [-0.15, -0.1) is 11.3 Å². The Hall–Kier alpha value is -2.81. The van der Waals surface area contributed by atoms with Crippen LogP contribution in [0.5, 0.6) is 5.75 Å². The number of fused-ring (bicyclic) bond motifs is 1. The highest BCUT2D eigenvalue weighted by atomic mass is 35.5. The summed E-state index contributed by atoms with van der Waals surface area (Å²) in [6, 6.07) is 5.98. The Balaban J connectivity index is 1.77. The fourth-order valence-electron chi connectivity index (χ4n) is 3.05. The number of thiophene rings is 1. The van der Waals surface area contributed by atoms with Crippen molar-refractivity contribution in [3.05, 3.63) is 63.0 Å². The van der Waals surface area contributed by atoms with Crippen molar-refractivity contribution in [3.8, 4) is 16.2 Å². The molecule has 154 valence electrons. The minimum absolute atomic E-state index is 0.0860. The van der Waals surface area contributed by atoms with Gasteiger partial charge >= 0.3 is 0 Å². The maximum Gasteiger partial charge on any atom is 0.258 e. The van der Waals surface area contributed by atoms with Crippen molar-refractivity contribution in [3.63, 3.8) is 0 Å². The Morgan fingerprint density at radius 3 is 2.77 bits per heavy atom. The molecule has 0 fully saturated rings. The number of nitrogen functional groups attached to an aromatic ring is 1. The van der Waals surface area contributed by atoms with Gasteiger partial charge < -0.3 is 20.6 Å². The molecule has 0 aliphatic heterocycles. The van der Waals surface area contributed by atoms with E-state index in [0.717, 1.165) is 4.88 Å². The molecule has 0 aliphatic carbocycles. The predicted octanol–water partition coefficient (Wildman–Crippen LogP) is 5.82. The second-order valence-corrected chi connectivity index (χ2v) is 8.28. The smallest absolute Gasteiger partial charge is 0.258 e. The van der Waals surface area contributed by atoms with Crippen LogP contribution < -0.4 is 16.2 Å². The highest BCUT2D eigenvalue weighted by Crippen LogP contribution is 2.42. The minimum Gasteiger partial charge on any atom is -0.478 e. The van der Waals surface area contributed by atoms with Crippen molar-refractivity contribution >= 4 is 57.2 Å². The third-order valence-electron chi connectivity index (χ3n) is 4.50. The number of halogens is 3. The second-order valence-electron chi connectivity index (χ2n) is 6.41. The highest BCUT2D eigenvalue weighted by molar-refractivity contribution is 7.17. The van der Waals surface area contributed by atoms with Gasteiger partial charge in [-0.25, -0.2) is 9.37 Å². The SMILES string of the molecule is C[C@@H](Oc1c(N)ncc2c(-c3ccc(C(N)=O)s3)coc12)c1c(Cl)ccc(F)c1Cl. The van der Waals surface area contributed by atoms with E-state index >= 15 is 0 Å². The lowest BCUT2D eigenvalue weighted by Gasteiger charge is -2.18. The molecule has 4 N–H and O–H groups in total. The quantitative estimate of drug-likeness (QED) is 0.361. The molecule has 10 heteroatoms. The van der Waals surface area contributed by atoms with Crippen LogP contribution >= 0.6 is 34.5 Å². The van der Waals surface area contributed by atoms with Gasteiger partial charge in [0, 0.05) is 27.2 Å². The molecule has 0 saturated heterocycles. The number of furan rings is 1. The monoisotopic (exact) mass is 465 g/mol. The first-order chi connectivity index (χ1) is 14.3. The number of rotatable bonds is 5. The summed E-state index contributed by atoms with van der Waals surface area (Å²) in [7, 11) is 0. The third kappa shape index (κ3) is 3.47. The largest absolute Gasteiger partial charge is 0.478 e. The van der Waals surface area contributed by atoms with E-state index in [4.69, 9.17) is 43.8 Å². The average molecular weight is 466 g/mol. The number of ether oxygens (including phenoxy) is 1. The van der Waals surface area contributed by atoms with Crippen molar-refractivity contribution in [1.82, 2.24) is 4.98 Å². The van der Waals surface area contributed by atoms with E-state index in [1.165, 1.54) is 29.7 Å². The number of aromatic nitrogens is 1. The van der Waals surface area contributed by atoms with Gasteiger partial charge in [0.2, 0.25) is 5.75 Å². The molecule has 0 radical (unpaired) electrons. The van der Waals surface area contributed by atoms with E-state index in [1.807, 2.05) is 0 Å². The molecule has 30 heavy (non-hydrogen) atoms. The summed E-state index contributed by atoms with van der Waals surface area (Å²) in [4.78, 5) is 16.8. The first-order valence-corrected chi connectivity index (χ1v) is 10.2. The maximum atomic E-state index is 13.9. The van der Waals surface area contributed by atoms with Gasteiger partial charge in [-0.2, -0.15) is 0 Å². The van der Waals surface area contributed by atoms with Crippen molar-refractivity contribution in [1.29, 1.82) is 0 Å².